The Kier molecular flexibility index (Phi) is 4.55. The summed E-state index contributed by atoms with van der Waals surface area (Å²) < 4.78 is 0. The van der Waals surface area contributed by atoms with Crippen molar-refractivity contribution in [2.45, 2.75) is 26.4 Å². The summed E-state index contributed by atoms with van der Waals surface area (Å²) in [6.07, 6.45) is 0. The van der Waals surface area contributed by atoms with E-state index < -0.39 is 0 Å². The van der Waals surface area contributed by atoms with Crippen LogP contribution in [0.1, 0.15) is 19.5 Å². The lowest BCUT2D eigenvalue weighted by Gasteiger charge is -2.38. The van der Waals surface area contributed by atoms with Gasteiger partial charge in [0.05, 0.1) is 5.69 Å². The topological polar surface area (TPSA) is 31.4 Å². The first-order valence-electron chi connectivity index (χ1n) is 6.81. The Hall–Kier alpha value is -1.13. The maximum absolute atomic E-state index is 4.64. The Bertz CT molecular complexity index is 380. The third-order valence-electron chi connectivity index (χ3n) is 3.50. The molecule has 1 aliphatic rings. The van der Waals surface area contributed by atoms with Gasteiger partial charge >= 0.3 is 0 Å². The van der Waals surface area contributed by atoms with Crippen molar-refractivity contribution in [2.75, 3.05) is 38.5 Å². The number of likely N-dealkylation sites (N-methyl/N-ethyl adjacent to an activating group) is 1. The SMILES string of the molecule is CCNc1cccc(CN2CCN(C)CC2C)n1. The lowest BCUT2D eigenvalue weighted by atomic mass is 10.2. The zero-order chi connectivity index (χ0) is 13.0. The Morgan fingerprint density at radius 1 is 1.39 bits per heavy atom. The number of hydrogen-bond acceptors (Lipinski definition) is 4. The summed E-state index contributed by atoms with van der Waals surface area (Å²) in [5, 5.41) is 3.27. The van der Waals surface area contributed by atoms with Crippen molar-refractivity contribution in [3.8, 4) is 0 Å². The quantitative estimate of drug-likeness (QED) is 0.878. The van der Waals surface area contributed by atoms with E-state index in [9.17, 15) is 0 Å². The van der Waals surface area contributed by atoms with Crippen LogP contribution in [-0.2, 0) is 6.54 Å². The van der Waals surface area contributed by atoms with Gasteiger partial charge in [-0.05, 0) is 33.0 Å². The first kappa shape index (κ1) is 13.3. The minimum absolute atomic E-state index is 0.605. The van der Waals surface area contributed by atoms with E-state index in [-0.39, 0.29) is 0 Å². The fourth-order valence-electron chi connectivity index (χ4n) is 2.47. The number of pyridine rings is 1. The van der Waals surface area contributed by atoms with E-state index in [0.717, 1.165) is 44.2 Å². The van der Waals surface area contributed by atoms with Gasteiger partial charge in [0.1, 0.15) is 5.82 Å². The van der Waals surface area contributed by atoms with E-state index >= 15 is 0 Å². The molecule has 0 bridgehead atoms. The second-order valence-corrected chi connectivity index (χ2v) is 5.13. The number of anilines is 1. The first-order chi connectivity index (χ1) is 8.69. The molecule has 0 spiro atoms. The van der Waals surface area contributed by atoms with E-state index in [1.807, 2.05) is 6.07 Å². The van der Waals surface area contributed by atoms with Crippen LogP contribution in [0, 0.1) is 0 Å². The second kappa shape index (κ2) is 6.16. The standard InChI is InChI=1S/C14H24N4/c1-4-15-14-7-5-6-13(16-14)11-18-9-8-17(3)10-12(18)2/h5-7,12H,4,8-11H2,1-3H3,(H,15,16). The highest BCUT2D eigenvalue weighted by Crippen LogP contribution is 2.13. The molecule has 1 aliphatic heterocycles. The summed E-state index contributed by atoms with van der Waals surface area (Å²) in [7, 11) is 2.19. The highest BCUT2D eigenvalue weighted by atomic mass is 15.3. The lowest BCUT2D eigenvalue weighted by Crippen LogP contribution is -2.49. The van der Waals surface area contributed by atoms with Crippen LogP contribution in [0.15, 0.2) is 18.2 Å². The van der Waals surface area contributed by atoms with Crippen molar-refractivity contribution < 1.29 is 0 Å². The van der Waals surface area contributed by atoms with Gasteiger partial charge in [0.15, 0.2) is 0 Å². The number of aromatic nitrogens is 1. The molecule has 0 amide bonds. The third kappa shape index (κ3) is 3.43. The molecule has 2 heterocycles. The van der Waals surface area contributed by atoms with Crippen LogP contribution in [0.3, 0.4) is 0 Å². The van der Waals surface area contributed by atoms with E-state index in [2.05, 4.69) is 53.1 Å². The molecule has 1 aromatic heterocycles. The fourth-order valence-corrected chi connectivity index (χ4v) is 2.47. The molecular formula is C14H24N4. The number of piperazine rings is 1. The van der Waals surface area contributed by atoms with Crippen LogP contribution in [0.4, 0.5) is 5.82 Å². The van der Waals surface area contributed by atoms with Gasteiger partial charge in [-0.15, -0.1) is 0 Å². The van der Waals surface area contributed by atoms with Crippen LogP contribution in [0.5, 0.6) is 0 Å². The molecule has 0 saturated carbocycles. The molecule has 0 radical (unpaired) electrons. The van der Waals surface area contributed by atoms with Gasteiger partial charge in [0.25, 0.3) is 0 Å². The van der Waals surface area contributed by atoms with Crippen LogP contribution in [0.25, 0.3) is 0 Å². The van der Waals surface area contributed by atoms with Crippen molar-refractivity contribution in [2.24, 2.45) is 0 Å². The average Bonchev–Trinajstić information content (AvgIpc) is 2.34. The number of rotatable bonds is 4. The summed E-state index contributed by atoms with van der Waals surface area (Å²) in [6, 6.07) is 6.83. The average molecular weight is 248 g/mol. The predicted octanol–water partition coefficient (Wildman–Crippen LogP) is 1.65. The van der Waals surface area contributed by atoms with Crippen LogP contribution < -0.4 is 5.32 Å². The number of nitrogens with one attached hydrogen (secondary N) is 1. The molecule has 1 fully saturated rings. The monoisotopic (exact) mass is 248 g/mol. The highest BCUT2D eigenvalue weighted by molar-refractivity contribution is 5.34. The third-order valence-corrected chi connectivity index (χ3v) is 3.50. The van der Waals surface area contributed by atoms with Crippen LogP contribution >= 0.6 is 0 Å². The fraction of sp³-hybridized carbons (Fsp3) is 0.643. The van der Waals surface area contributed by atoms with Crippen molar-refractivity contribution in [3.63, 3.8) is 0 Å². The molecule has 1 saturated heterocycles. The highest BCUT2D eigenvalue weighted by Gasteiger charge is 2.21. The van der Waals surface area contributed by atoms with Gasteiger partial charge in [-0.1, -0.05) is 6.07 Å². The molecule has 4 nitrogen and oxygen atoms in total. The number of nitrogens with zero attached hydrogens (tertiary/aromatic N) is 3. The molecule has 1 aromatic rings. The largest absolute Gasteiger partial charge is 0.370 e. The maximum atomic E-state index is 4.64. The minimum atomic E-state index is 0.605. The maximum Gasteiger partial charge on any atom is 0.126 e. The molecule has 0 aromatic carbocycles. The molecule has 0 aliphatic carbocycles. The van der Waals surface area contributed by atoms with Crippen molar-refractivity contribution in [1.82, 2.24) is 14.8 Å². The van der Waals surface area contributed by atoms with Gasteiger partial charge in [-0.2, -0.15) is 0 Å². The Morgan fingerprint density at radius 3 is 2.94 bits per heavy atom. The molecule has 2 rings (SSSR count). The normalized spacial score (nSPS) is 22.1. The molecule has 1 N–H and O–H groups in total. The summed E-state index contributed by atoms with van der Waals surface area (Å²) in [4.78, 5) is 9.55. The van der Waals surface area contributed by atoms with Crippen molar-refractivity contribution in [1.29, 1.82) is 0 Å². The molecule has 1 atom stereocenters. The van der Waals surface area contributed by atoms with Gasteiger partial charge in [0, 0.05) is 38.8 Å². The van der Waals surface area contributed by atoms with Gasteiger partial charge in [-0.3, -0.25) is 4.90 Å². The minimum Gasteiger partial charge on any atom is -0.370 e. The Morgan fingerprint density at radius 2 is 2.22 bits per heavy atom. The van der Waals surface area contributed by atoms with E-state index in [4.69, 9.17) is 0 Å². The summed E-state index contributed by atoms with van der Waals surface area (Å²) >= 11 is 0. The second-order valence-electron chi connectivity index (χ2n) is 5.13. The van der Waals surface area contributed by atoms with Crippen LogP contribution in [-0.4, -0.2) is 54.1 Å². The molecule has 4 heteroatoms. The van der Waals surface area contributed by atoms with E-state index in [1.165, 1.54) is 0 Å². The lowest BCUT2D eigenvalue weighted by molar-refractivity contribution is 0.0927. The zero-order valence-corrected chi connectivity index (χ0v) is 11.7. The zero-order valence-electron chi connectivity index (χ0n) is 11.7. The Labute approximate surface area is 110 Å². The van der Waals surface area contributed by atoms with E-state index in [1.54, 1.807) is 0 Å². The molecular weight excluding hydrogens is 224 g/mol. The predicted molar refractivity (Wildman–Crippen MR) is 75.8 cm³/mol. The molecule has 100 valence electrons. The summed E-state index contributed by atoms with van der Waals surface area (Å²) in [5.74, 6) is 0.983. The molecule has 1 unspecified atom stereocenters. The van der Waals surface area contributed by atoms with Crippen molar-refractivity contribution >= 4 is 5.82 Å². The van der Waals surface area contributed by atoms with E-state index in [0.29, 0.717) is 6.04 Å². The number of hydrogen-bond donors (Lipinski definition) is 1. The first-order valence-corrected chi connectivity index (χ1v) is 6.81. The molecule has 18 heavy (non-hydrogen) atoms. The Balaban J connectivity index is 1.98. The van der Waals surface area contributed by atoms with Crippen molar-refractivity contribution in [3.05, 3.63) is 23.9 Å². The van der Waals surface area contributed by atoms with Gasteiger partial charge < -0.3 is 10.2 Å². The van der Waals surface area contributed by atoms with Gasteiger partial charge in [0.2, 0.25) is 0 Å². The summed E-state index contributed by atoms with van der Waals surface area (Å²) in [5.41, 5.74) is 1.16. The van der Waals surface area contributed by atoms with Gasteiger partial charge in [-0.25, -0.2) is 4.98 Å². The summed E-state index contributed by atoms with van der Waals surface area (Å²) in [6.45, 7) is 9.69. The smallest absolute Gasteiger partial charge is 0.126 e. The van der Waals surface area contributed by atoms with Crippen LogP contribution in [0.2, 0.25) is 0 Å².